The van der Waals surface area contributed by atoms with E-state index in [0.717, 1.165) is 0 Å². The Bertz CT molecular complexity index is 617. The summed E-state index contributed by atoms with van der Waals surface area (Å²) < 4.78 is 15.4. The van der Waals surface area contributed by atoms with Crippen molar-refractivity contribution in [3.63, 3.8) is 0 Å². The Kier molecular flexibility index (Phi) is 7.26. The van der Waals surface area contributed by atoms with E-state index < -0.39 is 6.04 Å². The molecule has 1 amide bonds. The predicted octanol–water partition coefficient (Wildman–Crippen LogP) is 1.35. The number of nitrogens with two attached hydrogens (primary N) is 1. The van der Waals surface area contributed by atoms with Crippen molar-refractivity contribution in [2.75, 3.05) is 32.8 Å². The van der Waals surface area contributed by atoms with Crippen molar-refractivity contribution in [1.82, 2.24) is 4.98 Å². The lowest BCUT2D eigenvalue weighted by Crippen LogP contribution is -2.39. The fourth-order valence-corrected chi connectivity index (χ4v) is 1.84. The topological polar surface area (TPSA) is 99.6 Å². The summed E-state index contributed by atoms with van der Waals surface area (Å²) in [6.07, 6.45) is 0.603. The molecule has 0 aliphatic heterocycles. The number of aromatic nitrogens is 1. The van der Waals surface area contributed by atoms with Gasteiger partial charge in [0.25, 0.3) is 0 Å². The fourth-order valence-electron chi connectivity index (χ4n) is 1.84. The summed E-state index contributed by atoms with van der Waals surface area (Å²) in [5.74, 6) is 0.297. The van der Waals surface area contributed by atoms with E-state index in [-0.39, 0.29) is 24.9 Å². The lowest BCUT2D eigenvalue weighted by Gasteiger charge is -2.10. The van der Waals surface area contributed by atoms with Crippen LogP contribution in [0.4, 0.5) is 5.69 Å². The molecule has 7 nitrogen and oxygen atoms in total. The van der Waals surface area contributed by atoms with Crippen LogP contribution in [0.15, 0.2) is 22.6 Å². The second kappa shape index (κ2) is 8.70. The van der Waals surface area contributed by atoms with Gasteiger partial charge in [0.15, 0.2) is 11.5 Å². The van der Waals surface area contributed by atoms with Gasteiger partial charge in [0, 0.05) is 26.3 Å². The number of amides is 1. The number of nitrogens with one attached hydrogen (secondary N) is 1. The number of benzene rings is 1. The van der Waals surface area contributed by atoms with Crippen molar-refractivity contribution in [1.29, 1.82) is 0 Å². The number of methoxy groups -OCH3 is 2. The number of anilines is 1. The molecule has 3 N–H and O–H groups in total. The van der Waals surface area contributed by atoms with Crippen LogP contribution >= 0.6 is 12.4 Å². The number of rotatable bonds is 7. The number of halogens is 1. The molecule has 1 unspecified atom stereocenters. The normalized spacial score (nSPS) is 12.0. The maximum Gasteiger partial charge on any atom is 0.243 e. The van der Waals surface area contributed by atoms with Crippen LogP contribution in [-0.4, -0.2) is 44.4 Å². The first-order chi connectivity index (χ1) is 10.1. The Morgan fingerprint density at radius 2 is 2.18 bits per heavy atom. The van der Waals surface area contributed by atoms with E-state index in [2.05, 4.69) is 10.3 Å². The van der Waals surface area contributed by atoms with Crippen LogP contribution in [0.1, 0.15) is 5.89 Å². The molecule has 122 valence electrons. The molecule has 0 fully saturated rings. The van der Waals surface area contributed by atoms with Crippen LogP contribution in [-0.2, 0) is 20.7 Å². The van der Waals surface area contributed by atoms with E-state index in [1.807, 2.05) is 0 Å². The summed E-state index contributed by atoms with van der Waals surface area (Å²) >= 11 is 0. The molecule has 2 rings (SSSR count). The summed E-state index contributed by atoms with van der Waals surface area (Å²) in [6.45, 7) is 0.710. The van der Waals surface area contributed by atoms with Crippen molar-refractivity contribution < 1.29 is 18.7 Å². The van der Waals surface area contributed by atoms with E-state index in [1.165, 1.54) is 7.11 Å². The summed E-state index contributed by atoms with van der Waals surface area (Å²) in [5.41, 5.74) is 7.63. The Morgan fingerprint density at radius 1 is 1.41 bits per heavy atom. The highest BCUT2D eigenvalue weighted by Crippen LogP contribution is 2.20. The standard InChI is InChI=1S/C14H19N3O4.ClH/c1-19-6-5-13-17-11-7-9(3-4-12(11)21-13)16-14(18)10(15)8-20-2;/h3-4,7,10H,5-6,8,15H2,1-2H3,(H,16,18);1H. The maximum atomic E-state index is 11.8. The summed E-state index contributed by atoms with van der Waals surface area (Å²) in [4.78, 5) is 16.2. The molecule has 1 aromatic carbocycles. The van der Waals surface area contributed by atoms with Gasteiger partial charge in [-0.25, -0.2) is 4.98 Å². The first-order valence-corrected chi connectivity index (χ1v) is 6.58. The smallest absolute Gasteiger partial charge is 0.243 e. The van der Waals surface area contributed by atoms with E-state index >= 15 is 0 Å². The molecular weight excluding hydrogens is 310 g/mol. The minimum Gasteiger partial charge on any atom is -0.441 e. The van der Waals surface area contributed by atoms with Gasteiger partial charge in [0.05, 0.1) is 13.2 Å². The van der Waals surface area contributed by atoms with Crippen LogP contribution in [0, 0.1) is 0 Å². The Labute approximate surface area is 134 Å². The van der Waals surface area contributed by atoms with Gasteiger partial charge in [-0.1, -0.05) is 0 Å². The SMILES string of the molecule is COCCc1nc2cc(NC(=O)C(N)COC)ccc2o1.Cl. The number of carbonyl (C=O) groups is 1. The summed E-state index contributed by atoms with van der Waals surface area (Å²) in [6, 6.07) is 4.54. The average molecular weight is 330 g/mol. The second-order valence-corrected chi connectivity index (χ2v) is 4.58. The zero-order chi connectivity index (χ0) is 15.2. The third-order valence-electron chi connectivity index (χ3n) is 2.90. The number of hydrogen-bond acceptors (Lipinski definition) is 6. The van der Waals surface area contributed by atoms with Gasteiger partial charge >= 0.3 is 0 Å². The highest BCUT2D eigenvalue weighted by Gasteiger charge is 2.14. The Hall–Kier alpha value is -1.67. The Morgan fingerprint density at radius 3 is 2.86 bits per heavy atom. The highest BCUT2D eigenvalue weighted by atomic mass is 35.5. The summed E-state index contributed by atoms with van der Waals surface area (Å²) in [7, 11) is 3.12. The molecule has 2 aromatic rings. The van der Waals surface area contributed by atoms with Crippen LogP contribution in [0.3, 0.4) is 0 Å². The van der Waals surface area contributed by atoms with Crippen LogP contribution in [0.25, 0.3) is 11.1 Å². The lowest BCUT2D eigenvalue weighted by molar-refractivity contribution is -0.118. The number of carbonyl (C=O) groups excluding carboxylic acids is 1. The molecule has 0 saturated heterocycles. The maximum absolute atomic E-state index is 11.8. The van der Waals surface area contributed by atoms with Crippen LogP contribution in [0.2, 0.25) is 0 Å². The van der Waals surface area contributed by atoms with Crippen LogP contribution in [0.5, 0.6) is 0 Å². The van der Waals surface area contributed by atoms with Crippen molar-refractivity contribution in [3.05, 3.63) is 24.1 Å². The number of oxazole rings is 1. The van der Waals surface area contributed by atoms with Crippen molar-refractivity contribution >= 4 is 35.1 Å². The van der Waals surface area contributed by atoms with Gasteiger partial charge in [-0.15, -0.1) is 12.4 Å². The molecule has 0 bridgehead atoms. The zero-order valence-corrected chi connectivity index (χ0v) is 13.3. The lowest BCUT2D eigenvalue weighted by atomic mass is 10.2. The third-order valence-corrected chi connectivity index (χ3v) is 2.90. The van der Waals surface area contributed by atoms with Gasteiger partial charge in [-0.3, -0.25) is 4.79 Å². The quantitative estimate of drug-likeness (QED) is 0.795. The largest absolute Gasteiger partial charge is 0.441 e. The number of fused-ring (bicyclic) bond motifs is 1. The van der Waals surface area contributed by atoms with Gasteiger partial charge in [-0.05, 0) is 18.2 Å². The molecule has 1 aromatic heterocycles. The zero-order valence-electron chi connectivity index (χ0n) is 12.5. The minimum absolute atomic E-state index is 0. The van der Waals surface area contributed by atoms with Gasteiger partial charge in [0.1, 0.15) is 11.6 Å². The second-order valence-electron chi connectivity index (χ2n) is 4.58. The first kappa shape index (κ1) is 18.4. The van der Waals surface area contributed by atoms with Gasteiger partial charge < -0.3 is 24.9 Å². The van der Waals surface area contributed by atoms with E-state index in [9.17, 15) is 4.79 Å². The van der Waals surface area contributed by atoms with E-state index in [0.29, 0.717) is 35.7 Å². The average Bonchev–Trinajstić information content (AvgIpc) is 2.87. The van der Waals surface area contributed by atoms with E-state index in [1.54, 1.807) is 25.3 Å². The summed E-state index contributed by atoms with van der Waals surface area (Å²) in [5, 5.41) is 2.72. The number of hydrogen-bond donors (Lipinski definition) is 2. The monoisotopic (exact) mass is 329 g/mol. The molecule has 0 saturated carbocycles. The van der Waals surface area contributed by atoms with Gasteiger partial charge in [0.2, 0.25) is 5.91 Å². The molecule has 0 aliphatic carbocycles. The minimum atomic E-state index is -0.708. The molecule has 8 heteroatoms. The van der Waals surface area contributed by atoms with Crippen molar-refractivity contribution in [3.8, 4) is 0 Å². The molecule has 0 spiro atoms. The van der Waals surface area contributed by atoms with Crippen molar-refractivity contribution in [2.24, 2.45) is 5.73 Å². The predicted molar refractivity (Wildman–Crippen MR) is 85.3 cm³/mol. The Balaban J connectivity index is 0.00000242. The molecule has 1 heterocycles. The van der Waals surface area contributed by atoms with Crippen LogP contribution < -0.4 is 11.1 Å². The molecule has 0 aliphatic rings. The molecule has 22 heavy (non-hydrogen) atoms. The highest BCUT2D eigenvalue weighted by molar-refractivity contribution is 5.96. The molecular formula is C14H20ClN3O4. The van der Waals surface area contributed by atoms with E-state index in [4.69, 9.17) is 19.6 Å². The molecule has 0 radical (unpaired) electrons. The fraction of sp³-hybridized carbons (Fsp3) is 0.429. The van der Waals surface area contributed by atoms with Crippen molar-refractivity contribution in [2.45, 2.75) is 12.5 Å². The number of nitrogens with zero attached hydrogens (tertiary/aromatic N) is 1. The molecule has 1 atom stereocenters. The number of ether oxygens (including phenoxy) is 2. The third kappa shape index (κ3) is 4.67. The first-order valence-electron chi connectivity index (χ1n) is 6.58. The van der Waals surface area contributed by atoms with Gasteiger partial charge in [-0.2, -0.15) is 0 Å².